The van der Waals surface area contributed by atoms with E-state index in [1.807, 2.05) is 27.7 Å². The Bertz CT molecular complexity index is 151. The van der Waals surface area contributed by atoms with Gasteiger partial charge in [0.2, 0.25) is 0 Å². The molecular formula is C10H20O3. The van der Waals surface area contributed by atoms with E-state index in [9.17, 15) is 0 Å². The van der Waals surface area contributed by atoms with Crippen molar-refractivity contribution in [2.45, 2.75) is 52.1 Å². The van der Waals surface area contributed by atoms with Gasteiger partial charge in [0.15, 0.2) is 6.29 Å². The fourth-order valence-corrected chi connectivity index (χ4v) is 1.19. The fraction of sp³-hybridized carbons (Fsp3) is 1.00. The van der Waals surface area contributed by atoms with Crippen molar-refractivity contribution in [2.75, 3.05) is 13.2 Å². The molecular weight excluding hydrogens is 168 g/mol. The second-order valence-electron chi connectivity index (χ2n) is 4.46. The first-order chi connectivity index (χ1) is 5.97. The van der Waals surface area contributed by atoms with Crippen molar-refractivity contribution >= 4 is 0 Å². The van der Waals surface area contributed by atoms with Crippen LogP contribution in [-0.2, 0) is 14.2 Å². The summed E-state index contributed by atoms with van der Waals surface area (Å²) in [4.78, 5) is 0. The molecule has 0 saturated carbocycles. The van der Waals surface area contributed by atoms with E-state index in [-0.39, 0.29) is 18.0 Å². The minimum absolute atomic E-state index is 0.0580. The van der Waals surface area contributed by atoms with Crippen molar-refractivity contribution in [1.29, 1.82) is 0 Å². The van der Waals surface area contributed by atoms with E-state index in [0.717, 1.165) is 6.42 Å². The molecule has 0 aromatic rings. The van der Waals surface area contributed by atoms with Crippen molar-refractivity contribution in [3.05, 3.63) is 0 Å². The molecule has 0 spiro atoms. The lowest BCUT2D eigenvalue weighted by Gasteiger charge is -2.20. The lowest BCUT2D eigenvalue weighted by Crippen LogP contribution is -2.22. The van der Waals surface area contributed by atoms with E-state index in [1.165, 1.54) is 0 Å². The Kier molecular flexibility index (Phi) is 3.71. The van der Waals surface area contributed by atoms with Crippen LogP contribution < -0.4 is 0 Å². The monoisotopic (exact) mass is 188 g/mol. The quantitative estimate of drug-likeness (QED) is 0.677. The summed E-state index contributed by atoms with van der Waals surface area (Å²) in [6.07, 6.45) is 0.999. The highest BCUT2D eigenvalue weighted by atomic mass is 16.7. The van der Waals surface area contributed by atoms with Crippen LogP contribution in [-0.4, -0.2) is 31.2 Å². The second-order valence-corrected chi connectivity index (χ2v) is 4.46. The van der Waals surface area contributed by atoms with Gasteiger partial charge in [-0.15, -0.1) is 0 Å². The fourth-order valence-electron chi connectivity index (χ4n) is 1.19. The molecule has 13 heavy (non-hydrogen) atoms. The summed E-state index contributed by atoms with van der Waals surface area (Å²) in [6.45, 7) is 9.57. The molecule has 0 radical (unpaired) electrons. The van der Waals surface area contributed by atoms with Crippen LogP contribution in [0.15, 0.2) is 0 Å². The lowest BCUT2D eigenvalue weighted by molar-refractivity contribution is -0.0893. The van der Waals surface area contributed by atoms with Crippen LogP contribution >= 0.6 is 0 Å². The number of hydrogen-bond acceptors (Lipinski definition) is 3. The molecule has 0 N–H and O–H groups in total. The van der Waals surface area contributed by atoms with Crippen molar-refractivity contribution in [2.24, 2.45) is 0 Å². The summed E-state index contributed by atoms with van der Waals surface area (Å²) in [6, 6.07) is 0. The van der Waals surface area contributed by atoms with Gasteiger partial charge in [-0.1, -0.05) is 0 Å². The summed E-state index contributed by atoms with van der Waals surface area (Å²) in [5, 5.41) is 0. The Hall–Kier alpha value is -0.120. The lowest BCUT2D eigenvalue weighted by atomic mass is 10.2. The maximum atomic E-state index is 5.57. The molecule has 2 atom stereocenters. The van der Waals surface area contributed by atoms with Gasteiger partial charge in [0.25, 0.3) is 0 Å². The van der Waals surface area contributed by atoms with Crippen LogP contribution in [0.5, 0.6) is 0 Å². The number of rotatable bonds is 3. The Morgan fingerprint density at radius 3 is 2.54 bits per heavy atom. The molecule has 1 saturated heterocycles. The number of ether oxygens (including phenoxy) is 3. The van der Waals surface area contributed by atoms with E-state index in [0.29, 0.717) is 13.2 Å². The molecule has 0 aromatic carbocycles. The van der Waals surface area contributed by atoms with Gasteiger partial charge < -0.3 is 14.2 Å². The smallest absolute Gasteiger partial charge is 0.160 e. The first-order valence-corrected chi connectivity index (χ1v) is 4.88. The highest BCUT2D eigenvalue weighted by Gasteiger charge is 2.22. The van der Waals surface area contributed by atoms with Crippen LogP contribution in [0.3, 0.4) is 0 Å². The molecule has 1 heterocycles. The summed E-state index contributed by atoms with van der Waals surface area (Å²) >= 11 is 0. The normalized spacial score (nSPS) is 29.5. The van der Waals surface area contributed by atoms with E-state index in [1.54, 1.807) is 0 Å². The Balaban J connectivity index is 2.07. The van der Waals surface area contributed by atoms with Gasteiger partial charge >= 0.3 is 0 Å². The molecule has 3 heteroatoms. The molecule has 0 bridgehead atoms. The summed E-state index contributed by atoms with van der Waals surface area (Å²) in [7, 11) is 0. The molecule has 3 nitrogen and oxygen atoms in total. The zero-order valence-electron chi connectivity index (χ0n) is 9.00. The third-order valence-electron chi connectivity index (χ3n) is 1.79. The highest BCUT2D eigenvalue weighted by Crippen LogP contribution is 2.15. The van der Waals surface area contributed by atoms with Crippen LogP contribution in [0.4, 0.5) is 0 Å². The van der Waals surface area contributed by atoms with Crippen molar-refractivity contribution in [3.63, 3.8) is 0 Å². The Morgan fingerprint density at radius 1 is 1.38 bits per heavy atom. The average molecular weight is 188 g/mol. The minimum Gasteiger partial charge on any atom is -0.376 e. The number of hydrogen-bond donors (Lipinski definition) is 0. The van der Waals surface area contributed by atoms with Gasteiger partial charge in [0, 0.05) is 6.42 Å². The second kappa shape index (κ2) is 4.40. The molecule has 0 aliphatic carbocycles. The largest absolute Gasteiger partial charge is 0.376 e. The zero-order chi connectivity index (χ0) is 9.90. The van der Waals surface area contributed by atoms with E-state index in [4.69, 9.17) is 14.2 Å². The van der Waals surface area contributed by atoms with Crippen LogP contribution in [0.2, 0.25) is 0 Å². The molecule has 0 amide bonds. The minimum atomic E-state index is -0.0653. The van der Waals surface area contributed by atoms with Crippen LogP contribution in [0, 0.1) is 0 Å². The molecule has 1 aliphatic rings. The molecule has 78 valence electrons. The first-order valence-electron chi connectivity index (χ1n) is 4.88. The van der Waals surface area contributed by atoms with Crippen molar-refractivity contribution in [3.8, 4) is 0 Å². The van der Waals surface area contributed by atoms with Gasteiger partial charge in [-0.05, 0) is 27.7 Å². The predicted octanol–water partition coefficient (Wildman–Crippen LogP) is 1.95. The average Bonchev–Trinajstić information content (AvgIpc) is 2.33. The molecule has 0 aromatic heterocycles. The maximum Gasteiger partial charge on any atom is 0.160 e. The predicted molar refractivity (Wildman–Crippen MR) is 50.6 cm³/mol. The molecule has 1 rings (SSSR count). The summed E-state index contributed by atoms with van der Waals surface area (Å²) in [5.41, 5.74) is -0.0653. The van der Waals surface area contributed by atoms with Gasteiger partial charge in [-0.2, -0.15) is 0 Å². The molecule has 1 aliphatic heterocycles. The van der Waals surface area contributed by atoms with E-state index < -0.39 is 0 Å². The SMILES string of the molecule is C[C@@H]1CO[C@@H](CCOC(C)(C)C)O1. The first kappa shape index (κ1) is 11.0. The van der Waals surface area contributed by atoms with Gasteiger partial charge in [-0.25, -0.2) is 0 Å². The van der Waals surface area contributed by atoms with Crippen LogP contribution in [0.25, 0.3) is 0 Å². The third kappa shape index (κ3) is 4.60. The molecule has 1 fully saturated rings. The van der Waals surface area contributed by atoms with Gasteiger partial charge in [-0.3, -0.25) is 0 Å². The Morgan fingerprint density at radius 2 is 2.08 bits per heavy atom. The van der Waals surface area contributed by atoms with Crippen LogP contribution in [0.1, 0.15) is 34.1 Å². The van der Waals surface area contributed by atoms with E-state index >= 15 is 0 Å². The summed E-state index contributed by atoms with van der Waals surface area (Å²) in [5.74, 6) is 0. The highest BCUT2D eigenvalue weighted by molar-refractivity contribution is 4.62. The van der Waals surface area contributed by atoms with Crippen molar-refractivity contribution in [1.82, 2.24) is 0 Å². The zero-order valence-corrected chi connectivity index (χ0v) is 9.00. The van der Waals surface area contributed by atoms with Crippen molar-refractivity contribution < 1.29 is 14.2 Å². The topological polar surface area (TPSA) is 27.7 Å². The molecule has 0 unspecified atom stereocenters. The van der Waals surface area contributed by atoms with Gasteiger partial charge in [0.1, 0.15) is 0 Å². The van der Waals surface area contributed by atoms with Gasteiger partial charge in [0.05, 0.1) is 24.9 Å². The van der Waals surface area contributed by atoms with E-state index in [2.05, 4.69) is 0 Å². The maximum absolute atomic E-state index is 5.57. The standard InChI is InChI=1S/C10H20O3/c1-8-7-11-9(13-8)5-6-12-10(2,3)4/h8-9H,5-7H2,1-4H3/t8-,9-/m1/s1. The summed E-state index contributed by atoms with van der Waals surface area (Å²) < 4.78 is 16.4. The third-order valence-corrected chi connectivity index (χ3v) is 1.79. The Labute approximate surface area is 80.4 Å².